The van der Waals surface area contributed by atoms with E-state index in [4.69, 9.17) is 0 Å². The number of halogens is 3. The van der Waals surface area contributed by atoms with Gasteiger partial charge in [0.2, 0.25) is 5.91 Å². The molecule has 1 heterocycles. The Hall–Kier alpha value is 0.181. The van der Waals surface area contributed by atoms with Crippen LogP contribution in [-0.2, 0) is 4.79 Å². The fourth-order valence-corrected chi connectivity index (χ4v) is 1.81. The number of carbonyl (C=O) groups excluding carboxylic acids is 1. The third-order valence-electron chi connectivity index (χ3n) is 2.71. The fraction of sp³-hybridized carbons (Fsp3) is 0.300. The van der Waals surface area contributed by atoms with Crippen LogP contribution >= 0.6 is 0 Å². The summed E-state index contributed by atoms with van der Waals surface area (Å²) in [6, 6.07) is 4.86. The SMILES string of the molecule is O=C1CCC(c2ccc([B-](F)(F)F)cc2)N1.[K+]. The van der Waals surface area contributed by atoms with E-state index in [0.717, 1.165) is 17.7 Å². The Morgan fingerprint density at radius 2 is 1.76 bits per heavy atom. The zero-order valence-electron chi connectivity index (χ0n) is 9.42. The van der Waals surface area contributed by atoms with E-state index in [-0.39, 0.29) is 63.3 Å². The first-order chi connectivity index (χ1) is 7.47. The van der Waals surface area contributed by atoms with Crippen LogP contribution in [0.25, 0.3) is 0 Å². The predicted octanol–water partition coefficient (Wildman–Crippen LogP) is -1.30. The third kappa shape index (κ3) is 3.82. The molecular weight excluding hydrogens is 257 g/mol. The van der Waals surface area contributed by atoms with E-state index >= 15 is 0 Å². The molecule has 1 amide bonds. The molecule has 1 saturated heterocycles. The van der Waals surface area contributed by atoms with Crippen molar-refractivity contribution in [3.05, 3.63) is 29.8 Å². The van der Waals surface area contributed by atoms with E-state index in [1.807, 2.05) is 0 Å². The molecule has 0 aliphatic carbocycles. The molecule has 0 saturated carbocycles. The van der Waals surface area contributed by atoms with Gasteiger partial charge in [0.25, 0.3) is 0 Å². The molecule has 0 radical (unpaired) electrons. The van der Waals surface area contributed by atoms with Crippen LogP contribution < -0.4 is 62.2 Å². The van der Waals surface area contributed by atoms with Crippen molar-refractivity contribution in [3.63, 3.8) is 0 Å². The monoisotopic (exact) mass is 267 g/mol. The van der Waals surface area contributed by atoms with Gasteiger partial charge in [0.15, 0.2) is 0 Å². The van der Waals surface area contributed by atoms with Crippen molar-refractivity contribution in [3.8, 4) is 0 Å². The van der Waals surface area contributed by atoms with E-state index in [0.29, 0.717) is 12.8 Å². The number of amides is 1. The first-order valence-corrected chi connectivity index (χ1v) is 5.06. The summed E-state index contributed by atoms with van der Waals surface area (Å²) < 4.78 is 37.1. The van der Waals surface area contributed by atoms with Gasteiger partial charge >= 0.3 is 58.4 Å². The van der Waals surface area contributed by atoms with Gasteiger partial charge in [-0.3, -0.25) is 4.79 Å². The van der Waals surface area contributed by atoms with Gasteiger partial charge in [-0.05, 0) is 12.0 Å². The zero-order valence-corrected chi connectivity index (χ0v) is 12.5. The van der Waals surface area contributed by atoms with Crippen molar-refractivity contribution in [2.45, 2.75) is 18.9 Å². The van der Waals surface area contributed by atoms with Crippen LogP contribution in [-0.4, -0.2) is 12.9 Å². The minimum absolute atomic E-state index is 0. The molecule has 86 valence electrons. The van der Waals surface area contributed by atoms with Gasteiger partial charge in [0, 0.05) is 6.42 Å². The molecule has 2 rings (SSSR count). The van der Waals surface area contributed by atoms with Crippen LogP contribution in [0.5, 0.6) is 0 Å². The largest absolute Gasteiger partial charge is 1.00 e. The average molecular weight is 267 g/mol. The molecule has 1 aliphatic heterocycles. The minimum atomic E-state index is -4.93. The van der Waals surface area contributed by atoms with Crippen LogP contribution in [0.2, 0.25) is 0 Å². The summed E-state index contributed by atoms with van der Waals surface area (Å²) in [7, 11) is 0. The maximum absolute atomic E-state index is 12.4. The van der Waals surface area contributed by atoms with Crippen molar-refractivity contribution >= 4 is 18.3 Å². The van der Waals surface area contributed by atoms with Gasteiger partial charge in [0.1, 0.15) is 0 Å². The molecule has 0 aromatic heterocycles. The summed E-state index contributed by atoms with van der Waals surface area (Å²) in [5.74, 6) is -0.0471. The molecule has 1 fully saturated rings. The van der Waals surface area contributed by atoms with Crippen molar-refractivity contribution in [2.24, 2.45) is 0 Å². The summed E-state index contributed by atoms with van der Waals surface area (Å²) in [6.07, 6.45) is 1.09. The van der Waals surface area contributed by atoms with Crippen LogP contribution in [0.15, 0.2) is 24.3 Å². The number of hydrogen-bond acceptors (Lipinski definition) is 1. The summed E-state index contributed by atoms with van der Waals surface area (Å²) >= 11 is 0. The molecule has 7 heteroatoms. The third-order valence-corrected chi connectivity index (χ3v) is 2.71. The second-order valence-electron chi connectivity index (χ2n) is 3.90. The Bertz CT molecular complexity index is 407. The van der Waals surface area contributed by atoms with Crippen LogP contribution in [0.4, 0.5) is 12.9 Å². The van der Waals surface area contributed by atoms with Crippen LogP contribution in [0.3, 0.4) is 0 Å². The molecule has 2 nitrogen and oxygen atoms in total. The average Bonchev–Trinajstić information content (AvgIpc) is 2.64. The smallest absolute Gasteiger partial charge is 0.445 e. The molecular formula is C10H10BF3KNO. The van der Waals surface area contributed by atoms with E-state index in [2.05, 4.69) is 5.32 Å². The van der Waals surface area contributed by atoms with Crippen LogP contribution in [0, 0.1) is 0 Å². The maximum atomic E-state index is 12.4. The topological polar surface area (TPSA) is 29.1 Å². The molecule has 17 heavy (non-hydrogen) atoms. The van der Waals surface area contributed by atoms with E-state index in [1.165, 1.54) is 12.1 Å². The molecule has 1 aliphatic rings. The van der Waals surface area contributed by atoms with E-state index in [1.54, 1.807) is 0 Å². The molecule has 1 atom stereocenters. The number of nitrogens with one attached hydrogen (secondary N) is 1. The summed E-state index contributed by atoms with van der Waals surface area (Å²) in [5.41, 5.74) is 0.128. The Morgan fingerprint density at radius 3 is 2.18 bits per heavy atom. The second kappa shape index (κ2) is 5.88. The van der Waals surface area contributed by atoms with Crippen molar-refractivity contribution in [2.75, 3.05) is 0 Å². The standard InChI is InChI=1S/C10H10BF3NO.K/c12-11(13,14)8-3-1-7(2-4-8)9-5-6-10(16)15-9;/h1-4,9H,5-6H2,(H,15,16);/q-1;+1. The Labute approximate surface area is 140 Å². The van der Waals surface area contributed by atoms with Crippen LogP contribution in [0.1, 0.15) is 24.4 Å². The molecule has 1 aromatic carbocycles. The van der Waals surface area contributed by atoms with Crippen molar-refractivity contribution < 1.29 is 69.1 Å². The van der Waals surface area contributed by atoms with E-state index < -0.39 is 12.4 Å². The maximum Gasteiger partial charge on any atom is 1.00 e. The quantitative estimate of drug-likeness (QED) is 0.663. The minimum Gasteiger partial charge on any atom is -0.445 e. The first-order valence-electron chi connectivity index (χ1n) is 5.06. The summed E-state index contributed by atoms with van der Waals surface area (Å²) in [4.78, 5) is 11.0. The zero-order chi connectivity index (χ0) is 11.8. The van der Waals surface area contributed by atoms with Gasteiger partial charge in [-0.15, -0.1) is 5.46 Å². The summed E-state index contributed by atoms with van der Waals surface area (Å²) in [5, 5.41) is 2.71. The van der Waals surface area contributed by atoms with Gasteiger partial charge in [-0.2, -0.15) is 0 Å². The van der Waals surface area contributed by atoms with Gasteiger partial charge < -0.3 is 18.3 Å². The fourth-order valence-electron chi connectivity index (χ4n) is 1.81. The number of benzene rings is 1. The Morgan fingerprint density at radius 1 is 1.18 bits per heavy atom. The summed E-state index contributed by atoms with van der Waals surface area (Å²) in [6.45, 7) is -4.93. The van der Waals surface area contributed by atoms with Gasteiger partial charge in [-0.1, -0.05) is 24.3 Å². The number of rotatable bonds is 2. The normalized spacial score (nSPS) is 19.7. The molecule has 1 aromatic rings. The van der Waals surface area contributed by atoms with E-state index in [9.17, 15) is 17.7 Å². The molecule has 0 spiro atoms. The molecule has 0 bridgehead atoms. The first kappa shape index (κ1) is 15.2. The Kier molecular flexibility index (Phi) is 5.27. The number of carbonyl (C=O) groups is 1. The van der Waals surface area contributed by atoms with Gasteiger partial charge in [-0.25, -0.2) is 0 Å². The molecule has 1 unspecified atom stereocenters. The number of hydrogen-bond donors (Lipinski definition) is 1. The van der Waals surface area contributed by atoms with Crippen molar-refractivity contribution in [1.82, 2.24) is 5.32 Å². The Balaban J connectivity index is 0.00000144. The predicted molar refractivity (Wildman–Crippen MR) is 55.3 cm³/mol. The van der Waals surface area contributed by atoms with Gasteiger partial charge in [0.05, 0.1) is 6.04 Å². The second-order valence-corrected chi connectivity index (χ2v) is 3.90. The molecule has 1 N–H and O–H groups in total. The van der Waals surface area contributed by atoms with Crippen molar-refractivity contribution in [1.29, 1.82) is 0 Å².